The number of benzene rings is 2. The molecule has 8 nitrogen and oxygen atoms in total. The topological polar surface area (TPSA) is 88.9 Å². The van der Waals surface area contributed by atoms with Crippen LogP contribution in [0, 0.1) is 13.8 Å². The van der Waals surface area contributed by atoms with Gasteiger partial charge in [0, 0.05) is 36.2 Å². The van der Waals surface area contributed by atoms with Crippen LogP contribution in [0.4, 0.5) is 0 Å². The SMILES string of the molecule is CCC(c1nnnn1CC1CCCO1)N(Cc1ccccc1)Cc1cc2c(C)cc(C)cc2[nH]c1=O. The number of nitrogens with one attached hydrogen (secondary N) is 1. The number of tetrazole rings is 1. The molecule has 0 amide bonds. The Morgan fingerprint density at radius 1 is 1.17 bits per heavy atom. The van der Waals surface area contributed by atoms with Crippen molar-refractivity contribution in [2.75, 3.05) is 6.61 Å². The van der Waals surface area contributed by atoms with Gasteiger partial charge < -0.3 is 9.72 Å². The maximum absolute atomic E-state index is 13.2. The lowest BCUT2D eigenvalue weighted by Crippen LogP contribution is -2.33. The Morgan fingerprint density at radius 2 is 2.00 bits per heavy atom. The van der Waals surface area contributed by atoms with Crippen LogP contribution in [0.5, 0.6) is 0 Å². The van der Waals surface area contributed by atoms with Crippen molar-refractivity contribution < 1.29 is 4.74 Å². The highest BCUT2D eigenvalue weighted by Gasteiger charge is 2.28. The number of rotatable bonds is 9. The van der Waals surface area contributed by atoms with Crippen molar-refractivity contribution in [3.05, 3.63) is 87.0 Å². The molecule has 0 spiro atoms. The summed E-state index contributed by atoms with van der Waals surface area (Å²) in [4.78, 5) is 18.6. The first-order chi connectivity index (χ1) is 17.5. The van der Waals surface area contributed by atoms with Crippen LogP contribution < -0.4 is 5.56 Å². The van der Waals surface area contributed by atoms with Crippen LogP contribution in [0.25, 0.3) is 10.9 Å². The molecule has 36 heavy (non-hydrogen) atoms. The molecular weight excluding hydrogens is 452 g/mol. The molecule has 8 heteroatoms. The summed E-state index contributed by atoms with van der Waals surface area (Å²) in [5.41, 5.74) is 5.03. The van der Waals surface area contributed by atoms with E-state index in [0.717, 1.165) is 59.3 Å². The average Bonchev–Trinajstić information content (AvgIpc) is 3.54. The molecule has 1 aliphatic heterocycles. The van der Waals surface area contributed by atoms with Gasteiger partial charge in [-0.3, -0.25) is 9.69 Å². The highest BCUT2D eigenvalue weighted by molar-refractivity contribution is 5.83. The van der Waals surface area contributed by atoms with Gasteiger partial charge in [0.25, 0.3) is 5.56 Å². The van der Waals surface area contributed by atoms with E-state index in [2.05, 4.69) is 57.5 Å². The molecule has 1 saturated heterocycles. The zero-order chi connectivity index (χ0) is 25.1. The van der Waals surface area contributed by atoms with E-state index in [1.54, 1.807) is 0 Å². The summed E-state index contributed by atoms with van der Waals surface area (Å²) >= 11 is 0. The fourth-order valence-corrected chi connectivity index (χ4v) is 5.31. The standard InChI is InChI=1S/C28H34N6O2/c1-4-26(27-30-31-32-34(27)18-23-11-8-12-36-23)33(16-21-9-6-5-7-10-21)17-22-15-24-20(3)13-19(2)14-25(24)29-28(22)35/h5-7,9-10,13-15,23,26H,4,8,11-12,16-18H2,1-3H3,(H,29,35). The average molecular weight is 487 g/mol. The summed E-state index contributed by atoms with van der Waals surface area (Å²) in [7, 11) is 0. The number of hydrogen-bond donors (Lipinski definition) is 1. The van der Waals surface area contributed by atoms with Crippen molar-refractivity contribution >= 4 is 10.9 Å². The Morgan fingerprint density at radius 3 is 2.75 bits per heavy atom. The van der Waals surface area contributed by atoms with Crippen molar-refractivity contribution in [3.8, 4) is 0 Å². The van der Waals surface area contributed by atoms with Gasteiger partial charge >= 0.3 is 0 Å². The molecule has 188 valence electrons. The lowest BCUT2D eigenvalue weighted by atomic mass is 10.0. The molecule has 4 aromatic rings. The third-order valence-electron chi connectivity index (χ3n) is 7.08. The minimum absolute atomic E-state index is 0.0561. The van der Waals surface area contributed by atoms with Gasteiger partial charge in [0.15, 0.2) is 5.82 Å². The normalized spacial score (nSPS) is 16.7. The van der Waals surface area contributed by atoms with E-state index in [1.165, 1.54) is 5.56 Å². The monoisotopic (exact) mass is 486 g/mol. The zero-order valence-corrected chi connectivity index (χ0v) is 21.3. The fraction of sp³-hybridized carbons (Fsp3) is 0.429. The molecule has 5 rings (SSSR count). The number of nitrogens with zero attached hydrogens (tertiary/aromatic N) is 5. The second-order valence-corrected chi connectivity index (χ2v) is 9.84. The van der Waals surface area contributed by atoms with Gasteiger partial charge in [-0.1, -0.05) is 43.3 Å². The summed E-state index contributed by atoms with van der Waals surface area (Å²) in [6, 6.07) is 16.5. The quantitative estimate of drug-likeness (QED) is 0.376. The van der Waals surface area contributed by atoms with Crippen molar-refractivity contribution in [2.24, 2.45) is 0 Å². The van der Waals surface area contributed by atoms with E-state index in [9.17, 15) is 4.79 Å². The summed E-state index contributed by atoms with van der Waals surface area (Å²) < 4.78 is 7.74. The Bertz CT molecular complexity index is 1370. The van der Waals surface area contributed by atoms with Gasteiger partial charge in [-0.25, -0.2) is 4.68 Å². The summed E-state index contributed by atoms with van der Waals surface area (Å²) in [5.74, 6) is 0.813. The fourth-order valence-electron chi connectivity index (χ4n) is 5.31. The lowest BCUT2D eigenvalue weighted by Gasteiger charge is -2.30. The molecule has 1 fully saturated rings. The van der Waals surface area contributed by atoms with Gasteiger partial charge in [0.05, 0.1) is 18.7 Å². The molecule has 0 saturated carbocycles. The first kappa shape index (κ1) is 24.3. The largest absolute Gasteiger partial charge is 0.376 e. The van der Waals surface area contributed by atoms with Gasteiger partial charge in [0.2, 0.25) is 0 Å². The smallest absolute Gasteiger partial charge is 0.252 e. The molecule has 1 N–H and O–H groups in total. The number of aryl methyl sites for hydroxylation is 2. The second-order valence-electron chi connectivity index (χ2n) is 9.84. The van der Waals surface area contributed by atoms with E-state index in [1.807, 2.05) is 41.9 Å². The van der Waals surface area contributed by atoms with Crippen molar-refractivity contribution in [3.63, 3.8) is 0 Å². The van der Waals surface area contributed by atoms with E-state index in [-0.39, 0.29) is 17.7 Å². The third kappa shape index (κ3) is 5.24. The summed E-state index contributed by atoms with van der Waals surface area (Å²) in [6.45, 7) is 8.89. The van der Waals surface area contributed by atoms with Crippen LogP contribution in [-0.2, 0) is 24.4 Å². The minimum Gasteiger partial charge on any atom is -0.376 e. The molecule has 0 bridgehead atoms. The van der Waals surface area contributed by atoms with Crippen molar-refractivity contribution in [1.82, 2.24) is 30.1 Å². The van der Waals surface area contributed by atoms with Crippen LogP contribution in [0.3, 0.4) is 0 Å². The number of hydrogen-bond acceptors (Lipinski definition) is 6. The Kier molecular flexibility index (Phi) is 7.25. The number of fused-ring (bicyclic) bond motifs is 1. The molecule has 0 aliphatic carbocycles. The van der Waals surface area contributed by atoms with E-state index < -0.39 is 0 Å². The highest BCUT2D eigenvalue weighted by atomic mass is 16.5. The van der Waals surface area contributed by atoms with Crippen LogP contribution >= 0.6 is 0 Å². The zero-order valence-electron chi connectivity index (χ0n) is 21.3. The maximum atomic E-state index is 13.2. The van der Waals surface area contributed by atoms with Gasteiger partial charge in [-0.05, 0) is 72.4 Å². The Balaban J connectivity index is 1.51. The highest BCUT2D eigenvalue weighted by Crippen LogP contribution is 2.28. The number of ether oxygens (including phenoxy) is 1. The first-order valence-electron chi connectivity index (χ1n) is 12.8. The van der Waals surface area contributed by atoms with Crippen molar-refractivity contribution in [2.45, 2.75) is 71.8 Å². The Hall–Kier alpha value is -3.36. The maximum Gasteiger partial charge on any atom is 0.252 e. The predicted molar refractivity (Wildman–Crippen MR) is 140 cm³/mol. The summed E-state index contributed by atoms with van der Waals surface area (Å²) in [6.07, 6.45) is 3.04. The number of aromatic nitrogens is 5. The number of H-pyrrole nitrogens is 1. The van der Waals surface area contributed by atoms with E-state index in [4.69, 9.17) is 4.74 Å². The first-order valence-corrected chi connectivity index (χ1v) is 12.8. The lowest BCUT2D eigenvalue weighted by molar-refractivity contribution is 0.0888. The molecule has 1 aliphatic rings. The molecular formula is C28H34N6O2. The molecule has 2 atom stereocenters. The predicted octanol–water partition coefficient (Wildman–Crippen LogP) is 4.46. The van der Waals surface area contributed by atoms with E-state index in [0.29, 0.717) is 19.6 Å². The van der Waals surface area contributed by atoms with Crippen LogP contribution in [0.1, 0.15) is 60.3 Å². The minimum atomic E-state index is -0.0594. The van der Waals surface area contributed by atoms with Crippen molar-refractivity contribution in [1.29, 1.82) is 0 Å². The Labute approximate surface area is 211 Å². The summed E-state index contributed by atoms with van der Waals surface area (Å²) in [5, 5.41) is 13.8. The molecule has 2 unspecified atom stereocenters. The molecule has 2 aromatic carbocycles. The molecule has 2 aromatic heterocycles. The van der Waals surface area contributed by atoms with Gasteiger partial charge in [-0.2, -0.15) is 0 Å². The van der Waals surface area contributed by atoms with Crippen LogP contribution in [0.2, 0.25) is 0 Å². The molecule has 0 radical (unpaired) electrons. The second kappa shape index (κ2) is 10.7. The number of pyridine rings is 1. The van der Waals surface area contributed by atoms with Gasteiger partial charge in [-0.15, -0.1) is 5.10 Å². The number of aromatic amines is 1. The third-order valence-corrected chi connectivity index (χ3v) is 7.08. The van der Waals surface area contributed by atoms with Crippen LogP contribution in [0.15, 0.2) is 53.3 Å². The molecule has 3 heterocycles. The van der Waals surface area contributed by atoms with Crippen LogP contribution in [-0.4, -0.2) is 42.8 Å². The van der Waals surface area contributed by atoms with E-state index >= 15 is 0 Å². The van der Waals surface area contributed by atoms with Gasteiger partial charge in [0.1, 0.15) is 0 Å².